The van der Waals surface area contributed by atoms with Crippen LogP contribution in [0.3, 0.4) is 0 Å². The summed E-state index contributed by atoms with van der Waals surface area (Å²) in [5.74, 6) is 2.76. The minimum absolute atomic E-state index is 0.616. The van der Waals surface area contributed by atoms with Gasteiger partial charge in [-0.05, 0) is 43.3 Å². The molecule has 0 saturated heterocycles. The van der Waals surface area contributed by atoms with E-state index >= 15 is 0 Å². The highest BCUT2D eigenvalue weighted by molar-refractivity contribution is 7.99. The van der Waals surface area contributed by atoms with Crippen molar-refractivity contribution in [2.45, 2.75) is 31.7 Å². The number of rotatable bonds is 7. The van der Waals surface area contributed by atoms with E-state index in [1.807, 2.05) is 23.9 Å². The summed E-state index contributed by atoms with van der Waals surface area (Å²) in [5.41, 5.74) is 3.46. The van der Waals surface area contributed by atoms with Crippen molar-refractivity contribution in [3.8, 4) is 11.5 Å². The molecule has 0 aliphatic carbocycles. The summed E-state index contributed by atoms with van der Waals surface area (Å²) >= 11 is 1.83. The molecule has 2 aromatic carbocycles. The van der Waals surface area contributed by atoms with E-state index < -0.39 is 0 Å². The van der Waals surface area contributed by atoms with Crippen LogP contribution in [0.2, 0.25) is 0 Å². The molecule has 1 aliphatic rings. The second-order valence-electron chi connectivity index (χ2n) is 6.79. The highest BCUT2D eigenvalue weighted by Crippen LogP contribution is 2.31. The third-order valence-corrected chi connectivity index (χ3v) is 5.68. The fraction of sp³-hybridized carbons (Fsp3) is 0.381. The lowest BCUT2D eigenvalue weighted by Gasteiger charge is -2.22. The van der Waals surface area contributed by atoms with Crippen LogP contribution >= 0.6 is 11.8 Å². The molecule has 0 atom stereocenters. The molecule has 3 aromatic rings. The van der Waals surface area contributed by atoms with Crippen molar-refractivity contribution >= 4 is 22.8 Å². The fourth-order valence-electron chi connectivity index (χ4n) is 3.28. The maximum Gasteiger partial charge on any atom is 0.170 e. The number of ether oxygens (including phenoxy) is 2. The average molecular weight is 384 g/mol. The van der Waals surface area contributed by atoms with Gasteiger partial charge in [0.05, 0.1) is 17.7 Å². The number of hydrogen-bond donors (Lipinski definition) is 0. The number of thioether (sulfide) groups is 1. The first kappa shape index (κ1) is 18.2. The van der Waals surface area contributed by atoms with Crippen LogP contribution in [0.4, 0.5) is 0 Å². The Bertz CT molecular complexity index is 925. The van der Waals surface area contributed by atoms with E-state index in [2.05, 4.69) is 53.8 Å². The van der Waals surface area contributed by atoms with Crippen molar-refractivity contribution < 1.29 is 9.47 Å². The normalized spacial score (nSPS) is 13.4. The Morgan fingerprint density at radius 3 is 2.78 bits per heavy atom. The largest absolute Gasteiger partial charge is 0.486 e. The second-order valence-corrected chi connectivity index (χ2v) is 7.86. The van der Waals surface area contributed by atoms with Crippen molar-refractivity contribution in [2.24, 2.45) is 0 Å². The zero-order valence-corrected chi connectivity index (χ0v) is 16.7. The molecule has 0 amide bonds. The lowest BCUT2D eigenvalue weighted by Crippen LogP contribution is -2.22. The monoisotopic (exact) mass is 383 g/mol. The number of aromatic nitrogens is 2. The zero-order chi connectivity index (χ0) is 18.6. The minimum Gasteiger partial charge on any atom is -0.486 e. The average Bonchev–Trinajstić information content (AvgIpc) is 3.03. The third kappa shape index (κ3) is 4.06. The van der Waals surface area contributed by atoms with Gasteiger partial charge in [0.1, 0.15) is 13.2 Å². The van der Waals surface area contributed by atoms with Gasteiger partial charge in [-0.15, -0.1) is 0 Å². The molecule has 4 rings (SSSR count). The molecule has 1 aliphatic heterocycles. The van der Waals surface area contributed by atoms with Gasteiger partial charge in [0.25, 0.3) is 0 Å². The first-order valence-electron chi connectivity index (χ1n) is 9.39. The second kappa shape index (κ2) is 8.23. The van der Waals surface area contributed by atoms with Crippen LogP contribution in [0.1, 0.15) is 18.9 Å². The Morgan fingerprint density at radius 2 is 1.93 bits per heavy atom. The Labute approximate surface area is 164 Å². The molecule has 0 spiro atoms. The topological polar surface area (TPSA) is 39.5 Å². The molecule has 6 heteroatoms. The van der Waals surface area contributed by atoms with Crippen molar-refractivity contribution in [3.05, 3.63) is 48.0 Å². The molecular weight excluding hydrogens is 358 g/mol. The summed E-state index contributed by atoms with van der Waals surface area (Å²) in [4.78, 5) is 7.13. The molecule has 0 radical (unpaired) electrons. The molecule has 1 aromatic heterocycles. The first-order valence-corrected chi connectivity index (χ1v) is 10.4. The van der Waals surface area contributed by atoms with Gasteiger partial charge in [0.2, 0.25) is 0 Å². The molecule has 0 N–H and O–H groups in total. The van der Waals surface area contributed by atoms with Gasteiger partial charge in [-0.25, -0.2) is 4.98 Å². The molecule has 27 heavy (non-hydrogen) atoms. The predicted octanol–water partition coefficient (Wildman–Crippen LogP) is 4.40. The highest BCUT2D eigenvalue weighted by Gasteiger charge is 2.15. The van der Waals surface area contributed by atoms with Crippen molar-refractivity contribution in [3.63, 3.8) is 0 Å². The van der Waals surface area contributed by atoms with E-state index in [-0.39, 0.29) is 0 Å². The quantitative estimate of drug-likeness (QED) is 0.566. The number of hydrogen-bond acceptors (Lipinski definition) is 5. The van der Waals surface area contributed by atoms with Crippen molar-refractivity contribution in [2.75, 3.05) is 26.0 Å². The van der Waals surface area contributed by atoms with E-state index in [0.717, 1.165) is 47.6 Å². The number of para-hydroxylation sites is 2. The number of imidazole rings is 1. The molecule has 142 valence electrons. The van der Waals surface area contributed by atoms with Crippen LogP contribution in [0.15, 0.2) is 47.6 Å². The van der Waals surface area contributed by atoms with Gasteiger partial charge in [0.15, 0.2) is 16.7 Å². The van der Waals surface area contributed by atoms with Crippen LogP contribution in [0, 0.1) is 0 Å². The molecular formula is C21H25N3O2S. The van der Waals surface area contributed by atoms with E-state index in [0.29, 0.717) is 13.2 Å². The maximum atomic E-state index is 5.71. The van der Waals surface area contributed by atoms with Crippen LogP contribution in [-0.4, -0.2) is 40.5 Å². The van der Waals surface area contributed by atoms with Crippen LogP contribution in [0.25, 0.3) is 11.0 Å². The SMILES string of the molecule is CCCSc1nc2ccccc2n1CN(C)Cc1ccc2c(c1)OCCO2. The Kier molecular flexibility index (Phi) is 5.55. The summed E-state index contributed by atoms with van der Waals surface area (Å²) < 4.78 is 13.6. The molecule has 0 fully saturated rings. The van der Waals surface area contributed by atoms with Crippen LogP contribution in [0.5, 0.6) is 11.5 Å². The molecule has 2 heterocycles. The third-order valence-electron chi connectivity index (χ3n) is 4.50. The highest BCUT2D eigenvalue weighted by atomic mass is 32.2. The predicted molar refractivity (Wildman–Crippen MR) is 110 cm³/mol. The molecule has 0 bridgehead atoms. The van der Waals surface area contributed by atoms with E-state index in [9.17, 15) is 0 Å². The van der Waals surface area contributed by atoms with Crippen LogP contribution in [-0.2, 0) is 13.2 Å². The fourth-order valence-corrected chi connectivity index (χ4v) is 4.14. The molecule has 0 unspecified atom stereocenters. The van der Waals surface area contributed by atoms with Crippen molar-refractivity contribution in [1.82, 2.24) is 14.5 Å². The van der Waals surface area contributed by atoms with Crippen LogP contribution < -0.4 is 9.47 Å². The lowest BCUT2D eigenvalue weighted by atomic mass is 10.2. The standard InChI is InChI=1S/C21H25N3O2S/c1-3-12-27-21-22-17-6-4-5-7-18(17)24(21)15-23(2)14-16-8-9-19-20(13-16)26-11-10-25-19/h4-9,13H,3,10-12,14-15H2,1-2H3. The van der Waals surface area contributed by atoms with Gasteiger partial charge in [-0.2, -0.15) is 0 Å². The van der Waals surface area contributed by atoms with Gasteiger partial charge < -0.3 is 14.0 Å². The summed E-state index contributed by atoms with van der Waals surface area (Å²) in [5, 5.41) is 1.09. The molecule has 0 saturated carbocycles. The minimum atomic E-state index is 0.616. The summed E-state index contributed by atoms with van der Waals surface area (Å²) in [6, 6.07) is 14.6. The Hall–Kier alpha value is -2.18. The van der Waals surface area contributed by atoms with E-state index in [4.69, 9.17) is 14.5 Å². The Balaban J connectivity index is 1.53. The lowest BCUT2D eigenvalue weighted by molar-refractivity contribution is 0.171. The summed E-state index contributed by atoms with van der Waals surface area (Å²) in [7, 11) is 2.14. The zero-order valence-electron chi connectivity index (χ0n) is 15.9. The number of nitrogens with zero attached hydrogens (tertiary/aromatic N) is 3. The van der Waals surface area contributed by atoms with E-state index in [1.165, 1.54) is 11.1 Å². The Morgan fingerprint density at radius 1 is 1.11 bits per heavy atom. The smallest absolute Gasteiger partial charge is 0.170 e. The van der Waals surface area contributed by atoms with Gasteiger partial charge in [-0.1, -0.05) is 36.9 Å². The van der Waals surface area contributed by atoms with Gasteiger partial charge >= 0.3 is 0 Å². The van der Waals surface area contributed by atoms with E-state index in [1.54, 1.807) is 0 Å². The number of fused-ring (bicyclic) bond motifs is 2. The first-order chi connectivity index (χ1) is 13.2. The van der Waals surface area contributed by atoms with Crippen molar-refractivity contribution in [1.29, 1.82) is 0 Å². The summed E-state index contributed by atoms with van der Waals surface area (Å²) in [6.07, 6.45) is 1.14. The maximum absolute atomic E-state index is 5.71. The van der Waals surface area contributed by atoms with Gasteiger partial charge in [0, 0.05) is 12.3 Å². The van der Waals surface area contributed by atoms with Gasteiger partial charge in [-0.3, -0.25) is 4.90 Å². The molecule has 5 nitrogen and oxygen atoms in total. The summed E-state index contributed by atoms with van der Waals surface area (Å²) in [6.45, 7) is 5.07. The number of benzene rings is 2.